The van der Waals surface area contributed by atoms with E-state index >= 15 is 0 Å². The summed E-state index contributed by atoms with van der Waals surface area (Å²) >= 11 is 0. The number of carbonyl (C=O) groups is 2. The Balaban J connectivity index is 1.76. The molecule has 2 aromatic rings. The summed E-state index contributed by atoms with van der Waals surface area (Å²) in [5.41, 5.74) is 3.42. The zero-order valence-corrected chi connectivity index (χ0v) is 14.6. The van der Waals surface area contributed by atoms with Gasteiger partial charge in [-0.1, -0.05) is 55.8 Å². The lowest BCUT2D eigenvalue weighted by Crippen LogP contribution is -2.33. The molecular formula is C21H22N2O2. The van der Waals surface area contributed by atoms with Crippen LogP contribution in [-0.4, -0.2) is 17.4 Å². The Kier molecular flexibility index (Phi) is 5.08. The van der Waals surface area contributed by atoms with Crippen molar-refractivity contribution in [3.8, 4) is 0 Å². The fraction of sp³-hybridized carbons (Fsp3) is 0.286. The molecule has 1 atom stereocenters. The van der Waals surface area contributed by atoms with Crippen LogP contribution in [-0.2, 0) is 22.4 Å². The lowest BCUT2D eigenvalue weighted by Gasteiger charge is -2.14. The van der Waals surface area contributed by atoms with Gasteiger partial charge in [0, 0.05) is 6.42 Å². The summed E-state index contributed by atoms with van der Waals surface area (Å²) in [4.78, 5) is 25.5. The molecular weight excluding hydrogens is 312 g/mol. The van der Waals surface area contributed by atoms with Gasteiger partial charge >= 0.3 is 0 Å². The van der Waals surface area contributed by atoms with E-state index in [1.165, 1.54) is 10.6 Å². The third-order valence-electron chi connectivity index (χ3n) is 4.36. The van der Waals surface area contributed by atoms with Gasteiger partial charge in [0.05, 0.1) is 11.4 Å². The third kappa shape index (κ3) is 3.68. The van der Waals surface area contributed by atoms with Gasteiger partial charge in [0.1, 0.15) is 5.92 Å². The molecule has 25 heavy (non-hydrogen) atoms. The number of benzene rings is 2. The van der Waals surface area contributed by atoms with E-state index in [1.807, 2.05) is 42.5 Å². The van der Waals surface area contributed by atoms with E-state index in [0.717, 1.165) is 18.4 Å². The van der Waals surface area contributed by atoms with E-state index in [2.05, 4.69) is 24.2 Å². The predicted molar refractivity (Wildman–Crippen MR) is 99.7 cm³/mol. The van der Waals surface area contributed by atoms with Crippen molar-refractivity contribution in [2.45, 2.75) is 33.1 Å². The zero-order valence-electron chi connectivity index (χ0n) is 14.6. The van der Waals surface area contributed by atoms with Gasteiger partial charge in [-0.3, -0.25) is 9.59 Å². The summed E-state index contributed by atoms with van der Waals surface area (Å²) in [5, 5.41) is 5.65. The van der Waals surface area contributed by atoms with Gasteiger partial charge in [0.25, 0.3) is 5.91 Å². The second kappa shape index (κ2) is 7.43. The van der Waals surface area contributed by atoms with Crippen LogP contribution in [0.5, 0.6) is 0 Å². The molecule has 0 N–H and O–H groups in total. The summed E-state index contributed by atoms with van der Waals surface area (Å²) in [6.45, 7) is 3.88. The van der Waals surface area contributed by atoms with Crippen LogP contribution in [0, 0.1) is 5.92 Å². The number of anilines is 1. The minimum absolute atomic E-state index is 0.0988. The van der Waals surface area contributed by atoms with Crippen molar-refractivity contribution >= 4 is 23.1 Å². The van der Waals surface area contributed by atoms with E-state index in [-0.39, 0.29) is 18.1 Å². The summed E-state index contributed by atoms with van der Waals surface area (Å²) < 4.78 is 0. The Labute approximate surface area is 148 Å². The Bertz CT molecular complexity index is 812. The van der Waals surface area contributed by atoms with Crippen LogP contribution in [0.4, 0.5) is 5.69 Å². The van der Waals surface area contributed by atoms with Crippen LogP contribution in [0.3, 0.4) is 0 Å². The molecule has 1 aliphatic heterocycles. The molecule has 1 aliphatic rings. The lowest BCUT2D eigenvalue weighted by molar-refractivity contribution is -0.128. The molecule has 1 heterocycles. The molecule has 3 rings (SSSR count). The number of aryl methyl sites for hydroxylation is 1. The second-order valence-electron chi connectivity index (χ2n) is 6.37. The van der Waals surface area contributed by atoms with Crippen LogP contribution in [0.15, 0.2) is 59.7 Å². The molecule has 4 nitrogen and oxygen atoms in total. The number of hydrogen-bond acceptors (Lipinski definition) is 3. The van der Waals surface area contributed by atoms with E-state index in [4.69, 9.17) is 0 Å². The van der Waals surface area contributed by atoms with Gasteiger partial charge in [-0.15, -0.1) is 0 Å². The molecule has 0 aliphatic carbocycles. The van der Waals surface area contributed by atoms with Crippen molar-refractivity contribution < 1.29 is 9.59 Å². The molecule has 0 saturated heterocycles. The topological polar surface area (TPSA) is 49.7 Å². The van der Waals surface area contributed by atoms with Crippen LogP contribution >= 0.6 is 0 Å². The maximum atomic E-state index is 12.8. The zero-order chi connectivity index (χ0) is 17.8. The third-order valence-corrected chi connectivity index (χ3v) is 4.36. The molecule has 1 unspecified atom stereocenters. The average Bonchev–Trinajstić information content (AvgIpc) is 2.91. The molecule has 0 spiro atoms. The van der Waals surface area contributed by atoms with Crippen molar-refractivity contribution in [2.24, 2.45) is 11.0 Å². The Morgan fingerprint density at radius 1 is 1.08 bits per heavy atom. The summed E-state index contributed by atoms with van der Waals surface area (Å²) in [7, 11) is 0. The molecule has 1 amide bonds. The fourth-order valence-corrected chi connectivity index (χ4v) is 3.18. The standard InChI is InChI=1S/C21H22N2O2/c1-3-8-16-9-7-10-17(13-16)14-19(24)20-15(2)22-23(21(20)25)18-11-5-4-6-12-18/h4-7,9-13,20H,3,8,14H2,1-2H3. The van der Waals surface area contributed by atoms with Crippen LogP contribution in [0.1, 0.15) is 31.4 Å². The minimum atomic E-state index is -0.782. The van der Waals surface area contributed by atoms with E-state index in [1.54, 1.807) is 6.92 Å². The van der Waals surface area contributed by atoms with E-state index in [9.17, 15) is 9.59 Å². The largest absolute Gasteiger partial charge is 0.298 e. The van der Waals surface area contributed by atoms with Crippen LogP contribution in [0.25, 0.3) is 0 Å². The fourth-order valence-electron chi connectivity index (χ4n) is 3.18. The minimum Gasteiger partial charge on any atom is -0.298 e. The van der Waals surface area contributed by atoms with Crippen molar-refractivity contribution in [1.29, 1.82) is 0 Å². The van der Waals surface area contributed by atoms with Gasteiger partial charge in [-0.25, -0.2) is 0 Å². The van der Waals surface area contributed by atoms with Crippen LogP contribution < -0.4 is 5.01 Å². The summed E-state index contributed by atoms with van der Waals surface area (Å²) in [6.07, 6.45) is 2.31. The number of carbonyl (C=O) groups excluding carboxylic acids is 2. The molecule has 0 aromatic heterocycles. The van der Waals surface area contributed by atoms with Gasteiger partial charge in [0.15, 0.2) is 5.78 Å². The maximum Gasteiger partial charge on any atom is 0.263 e. The van der Waals surface area contributed by atoms with Crippen molar-refractivity contribution in [1.82, 2.24) is 0 Å². The highest BCUT2D eigenvalue weighted by Crippen LogP contribution is 2.25. The number of hydrogen-bond donors (Lipinski definition) is 0. The highest BCUT2D eigenvalue weighted by atomic mass is 16.2. The normalized spacial score (nSPS) is 16.9. The SMILES string of the molecule is CCCc1cccc(CC(=O)C2C(=O)N(c3ccccc3)N=C2C)c1. The number of Topliss-reactive ketones (excluding diaryl/α,β-unsaturated/α-hetero) is 1. The average molecular weight is 334 g/mol. The Morgan fingerprint density at radius 3 is 2.52 bits per heavy atom. The first kappa shape index (κ1) is 17.1. The van der Waals surface area contributed by atoms with Gasteiger partial charge in [0.2, 0.25) is 0 Å². The van der Waals surface area contributed by atoms with Gasteiger partial charge < -0.3 is 0 Å². The molecule has 4 heteroatoms. The highest BCUT2D eigenvalue weighted by molar-refractivity contribution is 6.27. The number of rotatable bonds is 6. The monoisotopic (exact) mass is 334 g/mol. The number of amides is 1. The summed E-state index contributed by atoms with van der Waals surface area (Å²) in [5.74, 6) is -1.15. The van der Waals surface area contributed by atoms with Crippen molar-refractivity contribution in [2.75, 3.05) is 5.01 Å². The quantitative estimate of drug-likeness (QED) is 0.755. The molecule has 0 saturated carbocycles. The Morgan fingerprint density at radius 2 is 1.80 bits per heavy atom. The van der Waals surface area contributed by atoms with E-state index < -0.39 is 5.92 Å². The Hall–Kier alpha value is -2.75. The predicted octanol–water partition coefficient (Wildman–Crippen LogP) is 3.79. The van der Waals surface area contributed by atoms with E-state index in [0.29, 0.717) is 11.4 Å². The number of para-hydroxylation sites is 1. The summed E-state index contributed by atoms with van der Waals surface area (Å²) in [6, 6.07) is 17.3. The number of ketones is 1. The molecule has 128 valence electrons. The molecule has 0 bridgehead atoms. The van der Waals surface area contributed by atoms with Crippen molar-refractivity contribution in [3.05, 3.63) is 65.7 Å². The highest BCUT2D eigenvalue weighted by Gasteiger charge is 2.39. The smallest absolute Gasteiger partial charge is 0.263 e. The first-order valence-electron chi connectivity index (χ1n) is 8.64. The molecule has 0 radical (unpaired) electrons. The van der Waals surface area contributed by atoms with Gasteiger partial charge in [-0.2, -0.15) is 10.1 Å². The van der Waals surface area contributed by atoms with Crippen molar-refractivity contribution in [3.63, 3.8) is 0 Å². The first-order valence-corrected chi connectivity index (χ1v) is 8.64. The number of hydrazone groups is 1. The lowest BCUT2D eigenvalue weighted by atomic mass is 9.93. The van der Waals surface area contributed by atoms with Gasteiger partial charge in [-0.05, 0) is 36.6 Å². The maximum absolute atomic E-state index is 12.8. The number of nitrogens with zero attached hydrogens (tertiary/aromatic N) is 2. The second-order valence-corrected chi connectivity index (χ2v) is 6.37. The first-order chi connectivity index (χ1) is 12.1. The molecule has 2 aromatic carbocycles. The van der Waals surface area contributed by atoms with Crippen LogP contribution in [0.2, 0.25) is 0 Å². The molecule has 0 fully saturated rings.